The molecular formula is C8H16N2O2S. The Morgan fingerprint density at radius 2 is 2.08 bits per heavy atom. The molecule has 2 aliphatic rings. The highest BCUT2D eigenvalue weighted by Gasteiger charge is 2.49. The highest BCUT2D eigenvalue weighted by atomic mass is 32.2. The van der Waals surface area contributed by atoms with Crippen LogP contribution in [0.5, 0.6) is 0 Å². The third-order valence-corrected chi connectivity index (χ3v) is 4.94. The van der Waals surface area contributed by atoms with E-state index in [1.54, 1.807) is 18.4 Å². The Morgan fingerprint density at radius 3 is 2.69 bits per heavy atom. The summed E-state index contributed by atoms with van der Waals surface area (Å²) >= 11 is 0. The molecule has 1 saturated carbocycles. The fourth-order valence-corrected chi connectivity index (χ4v) is 3.45. The third kappa shape index (κ3) is 1.49. The van der Waals surface area contributed by atoms with Gasteiger partial charge in [0.1, 0.15) is 0 Å². The molecule has 1 aliphatic heterocycles. The minimum absolute atomic E-state index is 0.321. The van der Waals surface area contributed by atoms with Gasteiger partial charge in [0.15, 0.2) is 0 Å². The van der Waals surface area contributed by atoms with E-state index >= 15 is 0 Å². The highest BCUT2D eigenvalue weighted by molar-refractivity contribution is 7.86. The average Bonchev–Trinajstić information content (AvgIpc) is 2.80. The van der Waals surface area contributed by atoms with Crippen LogP contribution in [-0.2, 0) is 10.2 Å². The van der Waals surface area contributed by atoms with E-state index in [1.807, 2.05) is 0 Å². The Hall–Kier alpha value is -0.130. The molecule has 1 aliphatic carbocycles. The Kier molecular flexibility index (Phi) is 2.13. The lowest BCUT2D eigenvalue weighted by Gasteiger charge is -2.28. The zero-order chi connectivity index (χ0) is 9.64. The first-order valence-electron chi connectivity index (χ1n) is 4.73. The van der Waals surface area contributed by atoms with Gasteiger partial charge < -0.3 is 0 Å². The second-order valence-electron chi connectivity index (χ2n) is 4.11. The number of piperidine rings is 1. The van der Waals surface area contributed by atoms with Crippen molar-refractivity contribution in [1.82, 2.24) is 8.61 Å². The quantitative estimate of drug-likeness (QED) is 0.648. The largest absolute Gasteiger partial charge is 0.281 e. The molecule has 1 saturated heterocycles. The van der Waals surface area contributed by atoms with Crippen molar-refractivity contribution >= 4 is 10.2 Å². The molecule has 2 rings (SSSR count). The molecular weight excluding hydrogens is 188 g/mol. The summed E-state index contributed by atoms with van der Waals surface area (Å²) in [4.78, 5) is 0. The van der Waals surface area contributed by atoms with Crippen LogP contribution in [-0.4, -0.2) is 43.7 Å². The second-order valence-corrected chi connectivity index (χ2v) is 6.20. The number of rotatable bonds is 2. The summed E-state index contributed by atoms with van der Waals surface area (Å²) in [5.41, 5.74) is 0. The number of fused-ring (bicyclic) bond motifs is 1. The topological polar surface area (TPSA) is 40.6 Å². The van der Waals surface area contributed by atoms with Gasteiger partial charge >= 0.3 is 0 Å². The molecule has 0 radical (unpaired) electrons. The lowest BCUT2D eigenvalue weighted by Crippen LogP contribution is -2.44. The van der Waals surface area contributed by atoms with Crippen LogP contribution in [0.2, 0.25) is 0 Å². The predicted octanol–water partition coefficient (Wildman–Crippen LogP) is 0.277. The SMILES string of the molecule is CN(C)S(=O)(=O)N1CCC[C@@H]2C[C@@H]21. The lowest BCUT2D eigenvalue weighted by atomic mass is 10.2. The van der Waals surface area contributed by atoms with Gasteiger partial charge in [0, 0.05) is 26.7 Å². The van der Waals surface area contributed by atoms with E-state index in [0.29, 0.717) is 18.5 Å². The van der Waals surface area contributed by atoms with Crippen molar-refractivity contribution in [3.63, 3.8) is 0 Å². The number of hydrogen-bond donors (Lipinski definition) is 0. The van der Waals surface area contributed by atoms with Crippen molar-refractivity contribution in [1.29, 1.82) is 0 Å². The van der Waals surface area contributed by atoms with E-state index in [4.69, 9.17) is 0 Å². The molecule has 13 heavy (non-hydrogen) atoms. The van der Waals surface area contributed by atoms with Gasteiger partial charge in [-0.15, -0.1) is 0 Å². The third-order valence-electron chi connectivity index (χ3n) is 2.97. The maximum absolute atomic E-state index is 11.8. The van der Waals surface area contributed by atoms with E-state index in [-0.39, 0.29) is 0 Å². The number of nitrogens with zero attached hydrogens (tertiary/aromatic N) is 2. The first kappa shape index (κ1) is 9.43. The van der Waals surface area contributed by atoms with Crippen LogP contribution in [0, 0.1) is 5.92 Å². The van der Waals surface area contributed by atoms with Gasteiger partial charge in [-0.1, -0.05) is 0 Å². The lowest BCUT2D eigenvalue weighted by molar-refractivity contribution is 0.313. The molecule has 0 N–H and O–H groups in total. The molecule has 1 heterocycles. The summed E-state index contributed by atoms with van der Waals surface area (Å²) in [6.45, 7) is 0.710. The maximum Gasteiger partial charge on any atom is 0.281 e. The zero-order valence-corrected chi connectivity index (χ0v) is 8.92. The molecule has 76 valence electrons. The fourth-order valence-electron chi connectivity index (χ4n) is 2.07. The minimum Gasteiger partial charge on any atom is -0.195 e. The van der Waals surface area contributed by atoms with E-state index in [2.05, 4.69) is 0 Å². The highest BCUT2D eigenvalue weighted by Crippen LogP contribution is 2.44. The minimum atomic E-state index is -3.14. The smallest absolute Gasteiger partial charge is 0.195 e. The Labute approximate surface area is 79.7 Å². The Bertz CT molecular complexity index is 299. The molecule has 0 unspecified atom stereocenters. The van der Waals surface area contributed by atoms with Crippen LogP contribution < -0.4 is 0 Å². The Morgan fingerprint density at radius 1 is 1.38 bits per heavy atom. The molecule has 0 spiro atoms. The molecule has 0 bridgehead atoms. The molecule has 0 aromatic heterocycles. The van der Waals surface area contributed by atoms with E-state index in [9.17, 15) is 8.42 Å². The summed E-state index contributed by atoms with van der Waals surface area (Å²) in [7, 11) is 0.0563. The summed E-state index contributed by atoms with van der Waals surface area (Å²) in [5, 5.41) is 0. The first-order chi connectivity index (χ1) is 6.03. The van der Waals surface area contributed by atoms with Crippen LogP contribution in [0.1, 0.15) is 19.3 Å². The van der Waals surface area contributed by atoms with Crippen LogP contribution in [0.25, 0.3) is 0 Å². The van der Waals surface area contributed by atoms with Crippen LogP contribution in [0.4, 0.5) is 0 Å². The first-order valence-corrected chi connectivity index (χ1v) is 6.12. The van der Waals surface area contributed by atoms with Crippen LogP contribution in [0.3, 0.4) is 0 Å². The summed E-state index contributed by atoms with van der Waals surface area (Å²) in [6.07, 6.45) is 3.31. The normalized spacial score (nSPS) is 34.7. The molecule has 4 nitrogen and oxygen atoms in total. The second kappa shape index (κ2) is 2.93. The van der Waals surface area contributed by atoms with Gasteiger partial charge in [-0.2, -0.15) is 17.0 Å². The molecule has 2 fully saturated rings. The van der Waals surface area contributed by atoms with E-state index in [0.717, 1.165) is 12.8 Å². The van der Waals surface area contributed by atoms with Gasteiger partial charge in [-0.3, -0.25) is 0 Å². The average molecular weight is 204 g/mol. The van der Waals surface area contributed by atoms with E-state index < -0.39 is 10.2 Å². The zero-order valence-electron chi connectivity index (χ0n) is 8.10. The summed E-state index contributed by atoms with van der Waals surface area (Å²) in [5.74, 6) is 0.656. The van der Waals surface area contributed by atoms with Gasteiger partial charge in [0.05, 0.1) is 0 Å². The molecule has 0 aromatic rings. The Balaban J connectivity index is 2.16. The van der Waals surface area contributed by atoms with Crippen LogP contribution in [0.15, 0.2) is 0 Å². The summed E-state index contributed by atoms with van der Waals surface area (Å²) < 4.78 is 26.5. The van der Waals surface area contributed by atoms with Gasteiger partial charge in [0.2, 0.25) is 0 Å². The van der Waals surface area contributed by atoms with Crippen LogP contribution >= 0.6 is 0 Å². The van der Waals surface area contributed by atoms with E-state index in [1.165, 1.54) is 10.7 Å². The monoisotopic (exact) mass is 204 g/mol. The predicted molar refractivity (Wildman–Crippen MR) is 50.4 cm³/mol. The fraction of sp³-hybridized carbons (Fsp3) is 1.00. The van der Waals surface area contributed by atoms with Crippen molar-refractivity contribution in [2.24, 2.45) is 5.92 Å². The molecule has 0 amide bonds. The maximum atomic E-state index is 11.8. The van der Waals surface area contributed by atoms with Gasteiger partial charge in [0.25, 0.3) is 10.2 Å². The van der Waals surface area contributed by atoms with Crippen molar-refractivity contribution in [2.45, 2.75) is 25.3 Å². The molecule has 2 atom stereocenters. The van der Waals surface area contributed by atoms with Gasteiger partial charge in [-0.05, 0) is 25.2 Å². The molecule has 0 aromatic carbocycles. The number of hydrogen-bond acceptors (Lipinski definition) is 2. The van der Waals surface area contributed by atoms with Crippen molar-refractivity contribution in [3.05, 3.63) is 0 Å². The van der Waals surface area contributed by atoms with Crippen molar-refractivity contribution in [2.75, 3.05) is 20.6 Å². The van der Waals surface area contributed by atoms with Crippen molar-refractivity contribution in [3.8, 4) is 0 Å². The van der Waals surface area contributed by atoms with Crippen molar-refractivity contribution < 1.29 is 8.42 Å². The summed E-state index contributed by atoms with van der Waals surface area (Å²) in [6, 6.07) is 0.321. The standard InChI is InChI=1S/C8H16N2O2S/c1-9(2)13(11,12)10-5-3-4-7-6-8(7)10/h7-8H,3-6H2,1-2H3/t7-,8+/m1/s1. The molecule has 5 heteroatoms. The van der Waals surface area contributed by atoms with Gasteiger partial charge in [-0.25, -0.2) is 0 Å².